The molecule has 0 atom stereocenters. The molecule has 168 valence electrons. The second-order valence-electron chi connectivity index (χ2n) is 8.95. The van der Waals surface area contributed by atoms with Crippen LogP contribution in [0.25, 0.3) is 0 Å². The molecule has 0 saturated heterocycles. The van der Waals surface area contributed by atoms with Gasteiger partial charge in [-0.25, -0.2) is 13.2 Å². The number of rotatable bonds is 7. The Labute approximate surface area is 175 Å². The van der Waals surface area contributed by atoms with Crippen molar-refractivity contribution in [2.24, 2.45) is 23.7 Å². The van der Waals surface area contributed by atoms with Crippen molar-refractivity contribution in [3.8, 4) is 5.75 Å². The van der Waals surface area contributed by atoms with Gasteiger partial charge in [0.05, 0.1) is 0 Å². The van der Waals surface area contributed by atoms with Crippen molar-refractivity contribution in [1.82, 2.24) is 0 Å². The predicted molar refractivity (Wildman–Crippen MR) is 107 cm³/mol. The zero-order valence-electron chi connectivity index (χ0n) is 17.5. The number of alkyl halides is 2. The average molecular weight is 431 g/mol. The topological polar surface area (TPSA) is 9.23 Å². The van der Waals surface area contributed by atoms with Gasteiger partial charge in [0.2, 0.25) is 5.83 Å². The molecule has 0 radical (unpaired) electrons. The highest BCUT2D eigenvalue weighted by Gasteiger charge is 2.40. The Kier molecular flexibility index (Phi) is 7.81. The lowest BCUT2D eigenvalue weighted by Gasteiger charge is -2.37. The van der Waals surface area contributed by atoms with Crippen molar-refractivity contribution in [1.29, 1.82) is 0 Å². The van der Waals surface area contributed by atoms with E-state index in [1.54, 1.807) is 0 Å². The van der Waals surface area contributed by atoms with E-state index < -0.39 is 29.3 Å². The fraction of sp³-hybridized carbons (Fsp3) is 0.667. The molecule has 2 aliphatic carbocycles. The molecule has 2 aliphatic rings. The summed E-state index contributed by atoms with van der Waals surface area (Å²) in [6.45, 7) is 2.23. The fourth-order valence-electron chi connectivity index (χ4n) is 5.18. The second kappa shape index (κ2) is 10.1. The zero-order chi connectivity index (χ0) is 21.7. The first-order valence-electron chi connectivity index (χ1n) is 11.2. The van der Waals surface area contributed by atoms with Gasteiger partial charge in [0.15, 0.2) is 11.6 Å². The van der Waals surface area contributed by atoms with Crippen molar-refractivity contribution in [2.75, 3.05) is 0 Å². The van der Waals surface area contributed by atoms with Gasteiger partial charge in [-0.1, -0.05) is 32.6 Å². The molecule has 2 fully saturated rings. The maximum atomic E-state index is 14.2. The molecule has 1 nitrogen and oxygen atoms in total. The molecule has 2 saturated carbocycles. The highest BCUT2D eigenvalue weighted by atomic mass is 19.3. The summed E-state index contributed by atoms with van der Waals surface area (Å²) in [5.41, 5.74) is 0. The standard InChI is InChI=1S/C24H31F5O/c1-2-3-16-4-8-18(9-5-16)19-10-6-17(7-11-19)14-23(27)24(28,29)30-20-12-13-21(25)22(26)15-20/h12-19H,2-11H2,1H3/b23-14-. The highest BCUT2D eigenvalue weighted by Crippen LogP contribution is 2.43. The van der Waals surface area contributed by atoms with Gasteiger partial charge in [-0.15, -0.1) is 0 Å². The van der Waals surface area contributed by atoms with E-state index in [0.717, 1.165) is 30.9 Å². The first-order chi connectivity index (χ1) is 14.3. The minimum Gasteiger partial charge on any atom is -0.427 e. The lowest BCUT2D eigenvalue weighted by atomic mass is 9.68. The largest absolute Gasteiger partial charge is 0.453 e. The van der Waals surface area contributed by atoms with Crippen LogP contribution in [0.1, 0.15) is 71.1 Å². The van der Waals surface area contributed by atoms with Gasteiger partial charge in [-0.3, -0.25) is 0 Å². The number of ether oxygens (including phenoxy) is 1. The molecule has 1 aromatic carbocycles. The number of halogens is 5. The summed E-state index contributed by atoms with van der Waals surface area (Å²) in [5, 5.41) is 0. The number of hydrogen-bond acceptors (Lipinski definition) is 1. The second-order valence-corrected chi connectivity index (χ2v) is 8.95. The summed E-state index contributed by atoms with van der Waals surface area (Å²) in [5.74, 6) is -2.87. The van der Waals surface area contributed by atoms with Crippen LogP contribution in [0.4, 0.5) is 22.0 Å². The zero-order valence-corrected chi connectivity index (χ0v) is 17.5. The molecule has 0 amide bonds. The van der Waals surface area contributed by atoms with Crippen molar-refractivity contribution in [3.05, 3.63) is 41.7 Å². The van der Waals surface area contributed by atoms with Crippen LogP contribution >= 0.6 is 0 Å². The van der Waals surface area contributed by atoms with Crippen molar-refractivity contribution >= 4 is 0 Å². The molecule has 0 aromatic heterocycles. The summed E-state index contributed by atoms with van der Waals surface area (Å²) in [7, 11) is 0. The van der Waals surface area contributed by atoms with Crippen molar-refractivity contribution in [3.63, 3.8) is 0 Å². The Hall–Kier alpha value is -1.59. The molecule has 1 aromatic rings. The lowest BCUT2D eigenvalue weighted by molar-refractivity contribution is -0.157. The highest BCUT2D eigenvalue weighted by molar-refractivity contribution is 5.25. The molecule has 0 bridgehead atoms. The van der Waals surface area contributed by atoms with Crippen molar-refractivity contribution in [2.45, 2.75) is 77.2 Å². The SMILES string of the molecule is CCCC1CCC(C2CCC(/C=C(\F)C(F)(F)Oc3ccc(F)c(F)c3)CC2)CC1. The third-order valence-electron chi connectivity index (χ3n) is 6.87. The number of allylic oxidation sites excluding steroid dienone is 1. The van der Waals surface area contributed by atoms with E-state index in [-0.39, 0.29) is 5.92 Å². The van der Waals surface area contributed by atoms with E-state index in [1.165, 1.54) is 38.5 Å². The van der Waals surface area contributed by atoms with E-state index in [2.05, 4.69) is 11.7 Å². The van der Waals surface area contributed by atoms with E-state index >= 15 is 0 Å². The van der Waals surface area contributed by atoms with Crippen LogP contribution in [0.2, 0.25) is 0 Å². The smallest absolute Gasteiger partial charge is 0.427 e. The van der Waals surface area contributed by atoms with E-state index in [1.807, 2.05) is 0 Å². The van der Waals surface area contributed by atoms with Crippen LogP contribution in [0, 0.1) is 35.3 Å². The van der Waals surface area contributed by atoms with Crippen LogP contribution in [0.3, 0.4) is 0 Å². The predicted octanol–water partition coefficient (Wildman–Crippen LogP) is 8.20. The first-order valence-corrected chi connectivity index (χ1v) is 11.2. The van der Waals surface area contributed by atoms with Gasteiger partial charge in [0.25, 0.3) is 0 Å². The average Bonchev–Trinajstić information content (AvgIpc) is 2.72. The Morgan fingerprint density at radius 2 is 1.57 bits per heavy atom. The quantitative estimate of drug-likeness (QED) is 0.396. The summed E-state index contributed by atoms with van der Waals surface area (Å²) in [4.78, 5) is 0. The monoisotopic (exact) mass is 430 g/mol. The van der Waals surface area contributed by atoms with Gasteiger partial charge in [0.1, 0.15) is 5.75 Å². The molecule has 0 spiro atoms. The Morgan fingerprint density at radius 3 is 2.13 bits per heavy atom. The van der Waals surface area contributed by atoms with Crippen LogP contribution in [0.5, 0.6) is 5.75 Å². The van der Waals surface area contributed by atoms with Gasteiger partial charge in [-0.05, 0) is 80.4 Å². The van der Waals surface area contributed by atoms with Gasteiger partial charge in [-0.2, -0.15) is 8.78 Å². The van der Waals surface area contributed by atoms with Crippen molar-refractivity contribution < 1.29 is 26.7 Å². The minimum atomic E-state index is -4.21. The third kappa shape index (κ3) is 5.98. The van der Waals surface area contributed by atoms with E-state index in [4.69, 9.17) is 0 Å². The molecule has 30 heavy (non-hydrogen) atoms. The molecule has 6 heteroatoms. The van der Waals surface area contributed by atoms with Crippen LogP contribution in [-0.4, -0.2) is 6.11 Å². The fourth-order valence-corrected chi connectivity index (χ4v) is 5.18. The molecule has 0 N–H and O–H groups in total. The Bertz CT molecular complexity index is 716. The maximum Gasteiger partial charge on any atom is 0.453 e. The van der Waals surface area contributed by atoms with Gasteiger partial charge in [0, 0.05) is 6.07 Å². The van der Waals surface area contributed by atoms with Crippen LogP contribution in [0.15, 0.2) is 30.1 Å². The van der Waals surface area contributed by atoms with Gasteiger partial charge < -0.3 is 4.74 Å². The van der Waals surface area contributed by atoms with E-state index in [0.29, 0.717) is 36.8 Å². The summed E-state index contributed by atoms with van der Waals surface area (Å²) >= 11 is 0. The minimum absolute atomic E-state index is 0.253. The molecular formula is C24H31F5O. The Morgan fingerprint density at radius 1 is 0.967 bits per heavy atom. The van der Waals surface area contributed by atoms with E-state index in [9.17, 15) is 22.0 Å². The maximum absolute atomic E-state index is 14.2. The molecule has 0 heterocycles. The molecule has 0 unspecified atom stereocenters. The van der Waals surface area contributed by atoms with Gasteiger partial charge >= 0.3 is 6.11 Å². The summed E-state index contributed by atoms with van der Waals surface area (Å²) < 4.78 is 72.8. The number of hydrogen-bond donors (Lipinski definition) is 0. The molecule has 0 aliphatic heterocycles. The molecular weight excluding hydrogens is 399 g/mol. The Balaban J connectivity index is 1.50. The van der Waals surface area contributed by atoms with Crippen LogP contribution in [-0.2, 0) is 0 Å². The normalized spacial score (nSPS) is 28.4. The third-order valence-corrected chi connectivity index (χ3v) is 6.87. The lowest BCUT2D eigenvalue weighted by Crippen LogP contribution is -2.28. The first kappa shape index (κ1) is 23.1. The summed E-state index contributed by atoms with van der Waals surface area (Å²) in [6.07, 6.45) is 7.64. The molecule has 3 rings (SSSR count). The summed E-state index contributed by atoms with van der Waals surface area (Å²) in [6, 6.07) is 2.00. The number of benzene rings is 1. The van der Waals surface area contributed by atoms with Crippen LogP contribution < -0.4 is 4.74 Å².